The van der Waals surface area contributed by atoms with Crippen LogP contribution in [0.25, 0.3) is 11.0 Å². The van der Waals surface area contributed by atoms with Crippen molar-refractivity contribution in [1.82, 2.24) is 15.3 Å². The Bertz CT molecular complexity index is 920. The number of amides is 1. The number of ether oxygens (including phenoxy) is 1. The van der Waals surface area contributed by atoms with Crippen LogP contribution in [0.1, 0.15) is 23.4 Å². The number of hydrogen-bond donors (Lipinski definition) is 2. The van der Waals surface area contributed by atoms with Crippen LogP contribution in [-0.2, 0) is 11.3 Å². The number of aromatic amines is 1. The van der Waals surface area contributed by atoms with E-state index in [0.29, 0.717) is 13.0 Å². The molecule has 0 radical (unpaired) electrons. The Kier molecular flexibility index (Phi) is 5.32. The average molecular weight is 333 g/mol. The molecule has 2 aromatic carbocycles. The van der Waals surface area contributed by atoms with E-state index in [2.05, 4.69) is 27.1 Å². The first-order chi connectivity index (χ1) is 12.2. The van der Waals surface area contributed by atoms with Gasteiger partial charge in [-0.1, -0.05) is 42.2 Å². The third kappa shape index (κ3) is 4.85. The first kappa shape index (κ1) is 16.6. The third-order valence-electron chi connectivity index (χ3n) is 3.57. The molecule has 0 saturated carbocycles. The zero-order chi connectivity index (χ0) is 17.5. The van der Waals surface area contributed by atoms with Crippen LogP contribution < -0.4 is 5.32 Å². The lowest BCUT2D eigenvalue weighted by Crippen LogP contribution is -2.24. The van der Waals surface area contributed by atoms with E-state index >= 15 is 0 Å². The molecule has 126 valence electrons. The molecule has 5 heteroatoms. The predicted octanol–water partition coefficient (Wildman–Crippen LogP) is 3.54. The van der Waals surface area contributed by atoms with E-state index in [0.717, 1.165) is 28.0 Å². The summed E-state index contributed by atoms with van der Waals surface area (Å²) in [6.07, 6.45) is 0.125. The molecule has 1 aromatic heterocycles. The molecule has 2 N–H and O–H groups in total. The van der Waals surface area contributed by atoms with E-state index in [1.54, 1.807) is 0 Å². The summed E-state index contributed by atoms with van der Waals surface area (Å²) in [7, 11) is 0. The maximum Gasteiger partial charge on any atom is 0.407 e. The van der Waals surface area contributed by atoms with Crippen molar-refractivity contribution in [3.63, 3.8) is 0 Å². The lowest BCUT2D eigenvalue weighted by Gasteiger charge is -2.05. The second-order valence-corrected chi connectivity index (χ2v) is 5.59. The molecule has 0 aliphatic carbocycles. The number of carbonyl (C=O) groups is 1. The molecule has 0 aliphatic rings. The van der Waals surface area contributed by atoms with Gasteiger partial charge in [0.1, 0.15) is 12.4 Å². The van der Waals surface area contributed by atoms with Gasteiger partial charge in [-0.3, -0.25) is 0 Å². The van der Waals surface area contributed by atoms with Crippen LogP contribution >= 0.6 is 0 Å². The molecule has 3 aromatic rings. The lowest BCUT2D eigenvalue weighted by atomic mass is 10.2. The van der Waals surface area contributed by atoms with Crippen LogP contribution in [0.5, 0.6) is 0 Å². The van der Waals surface area contributed by atoms with E-state index in [4.69, 9.17) is 4.74 Å². The molecule has 0 aliphatic heterocycles. The van der Waals surface area contributed by atoms with Gasteiger partial charge >= 0.3 is 6.09 Å². The van der Waals surface area contributed by atoms with Crippen molar-refractivity contribution in [3.05, 3.63) is 65.5 Å². The van der Waals surface area contributed by atoms with Gasteiger partial charge in [0.05, 0.1) is 11.0 Å². The minimum Gasteiger partial charge on any atom is -0.445 e. The maximum absolute atomic E-state index is 11.6. The number of nitrogens with zero attached hydrogens (tertiary/aromatic N) is 1. The number of benzene rings is 2. The second kappa shape index (κ2) is 8.02. The van der Waals surface area contributed by atoms with Crippen molar-refractivity contribution < 1.29 is 9.53 Å². The van der Waals surface area contributed by atoms with Crippen molar-refractivity contribution >= 4 is 17.1 Å². The Balaban J connectivity index is 1.42. The predicted molar refractivity (Wildman–Crippen MR) is 97.0 cm³/mol. The topological polar surface area (TPSA) is 67.0 Å². The first-order valence-electron chi connectivity index (χ1n) is 8.10. The summed E-state index contributed by atoms with van der Waals surface area (Å²) in [6.45, 7) is 2.64. The number of H-pyrrole nitrogens is 1. The molecular formula is C20H19N3O2. The number of alkyl carbamates (subject to hydrolysis) is 1. The fourth-order valence-electron chi connectivity index (χ4n) is 2.38. The third-order valence-corrected chi connectivity index (χ3v) is 3.57. The van der Waals surface area contributed by atoms with Gasteiger partial charge in [0, 0.05) is 18.5 Å². The summed E-state index contributed by atoms with van der Waals surface area (Å²) < 4.78 is 5.13. The highest BCUT2D eigenvalue weighted by Crippen LogP contribution is 2.12. The van der Waals surface area contributed by atoms with Crippen LogP contribution in [-0.4, -0.2) is 22.6 Å². The highest BCUT2D eigenvalue weighted by molar-refractivity contribution is 5.76. The number of hydrogen-bond acceptors (Lipinski definition) is 3. The largest absolute Gasteiger partial charge is 0.445 e. The molecule has 3 rings (SSSR count). The molecule has 0 bridgehead atoms. The molecule has 5 nitrogen and oxygen atoms in total. The Morgan fingerprint density at radius 2 is 2.08 bits per heavy atom. The highest BCUT2D eigenvalue weighted by atomic mass is 16.5. The van der Waals surface area contributed by atoms with Crippen molar-refractivity contribution in [3.8, 4) is 11.8 Å². The zero-order valence-electron chi connectivity index (χ0n) is 14.0. The molecule has 0 saturated heterocycles. The average Bonchev–Trinajstić information content (AvgIpc) is 3.00. The number of aromatic nitrogens is 2. The Morgan fingerprint density at radius 3 is 2.92 bits per heavy atom. The van der Waals surface area contributed by atoms with Crippen LogP contribution in [0.2, 0.25) is 0 Å². The van der Waals surface area contributed by atoms with Gasteiger partial charge < -0.3 is 15.0 Å². The lowest BCUT2D eigenvalue weighted by molar-refractivity contribution is 0.140. The fourth-order valence-corrected chi connectivity index (χ4v) is 2.38. The van der Waals surface area contributed by atoms with Gasteiger partial charge in [-0.2, -0.15) is 0 Å². The molecular weight excluding hydrogens is 314 g/mol. The summed E-state index contributed by atoms with van der Waals surface area (Å²) in [5.74, 6) is 7.02. The molecule has 1 amide bonds. The van der Waals surface area contributed by atoms with E-state index < -0.39 is 6.09 Å². The first-order valence-corrected chi connectivity index (χ1v) is 8.10. The molecule has 0 unspecified atom stereocenters. The molecule has 25 heavy (non-hydrogen) atoms. The minimum atomic E-state index is -0.431. The van der Waals surface area contributed by atoms with Gasteiger partial charge in [0.2, 0.25) is 0 Å². The molecule has 0 atom stereocenters. The van der Waals surface area contributed by atoms with Crippen molar-refractivity contribution in [2.75, 3.05) is 6.54 Å². The van der Waals surface area contributed by atoms with Gasteiger partial charge in [0.15, 0.2) is 0 Å². The van der Waals surface area contributed by atoms with Gasteiger partial charge in [0.25, 0.3) is 0 Å². The summed E-state index contributed by atoms with van der Waals surface area (Å²) in [5, 5.41) is 2.69. The van der Waals surface area contributed by atoms with Gasteiger partial charge in [-0.25, -0.2) is 9.78 Å². The van der Waals surface area contributed by atoms with Crippen molar-refractivity contribution in [1.29, 1.82) is 0 Å². The van der Waals surface area contributed by atoms with Crippen LogP contribution in [0.4, 0.5) is 4.79 Å². The van der Waals surface area contributed by atoms with Crippen molar-refractivity contribution in [2.24, 2.45) is 0 Å². The summed E-state index contributed by atoms with van der Waals surface area (Å²) in [6, 6.07) is 15.4. The van der Waals surface area contributed by atoms with Crippen LogP contribution in [0.15, 0.2) is 48.5 Å². The number of aryl methyl sites for hydroxylation is 1. The molecule has 1 heterocycles. The fraction of sp³-hybridized carbons (Fsp3) is 0.200. The smallest absolute Gasteiger partial charge is 0.407 e. The molecule has 0 fully saturated rings. The standard InChI is InChI=1S/C20H19N3O2/c1-15-22-18-11-10-16(13-19(18)23-15)7-5-6-12-21-20(24)25-14-17-8-3-2-4-9-17/h2-4,8-11,13H,6,12,14H2,1H3,(H,21,24)(H,22,23). The van der Waals surface area contributed by atoms with E-state index in [1.807, 2.05) is 55.5 Å². The summed E-state index contributed by atoms with van der Waals surface area (Å²) in [4.78, 5) is 19.2. The van der Waals surface area contributed by atoms with Gasteiger partial charge in [-0.15, -0.1) is 0 Å². The number of fused-ring (bicyclic) bond motifs is 1. The number of rotatable bonds is 4. The van der Waals surface area contributed by atoms with Crippen molar-refractivity contribution in [2.45, 2.75) is 20.0 Å². The second-order valence-electron chi connectivity index (χ2n) is 5.59. The van der Waals surface area contributed by atoms with E-state index in [1.165, 1.54) is 0 Å². The van der Waals surface area contributed by atoms with Crippen LogP contribution in [0.3, 0.4) is 0 Å². The normalized spacial score (nSPS) is 10.1. The van der Waals surface area contributed by atoms with E-state index in [9.17, 15) is 4.79 Å². The summed E-state index contributed by atoms with van der Waals surface area (Å²) in [5.41, 5.74) is 3.79. The summed E-state index contributed by atoms with van der Waals surface area (Å²) >= 11 is 0. The monoisotopic (exact) mass is 333 g/mol. The maximum atomic E-state index is 11.6. The highest BCUT2D eigenvalue weighted by Gasteiger charge is 2.01. The Morgan fingerprint density at radius 1 is 1.24 bits per heavy atom. The number of carbonyl (C=O) groups excluding carboxylic acids is 1. The number of nitrogens with one attached hydrogen (secondary N) is 2. The SMILES string of the molecule is Cc1nc2ccc(C#CCCNC(=O)OCc3ccccc3)cc2[nH]1. The zero-order valence-corrected chi connectivity index (χ0v) is 14.0. The van der Waals surface area contributed by atoms with E-state index in [-0.39, 0.29) is 6.61 Å². The number of imidazole rings is 1. The Hall–Kier alpha value is -3.26. The quantitative estimate of drug-likeness (QED) is 0.567. The van der Waals surface area contributed by atoms with Crippen LogP contribution in [0, 0.1) is 18.8 Å². The Labute approximate surface area is 146 Å². The van der Waals surface area contributed by atoms with Gasteiger partial charge in [-0.05, 0) is 30.7 Å². The minimum absolute atomic E-state index is 0.266. The molecule has 0 spiro atoms.